The summed E-state index contributed by atoms with van der Waals surface area (Å²) >= 11 is 5.85. The van der Waals surface area contributed by atoms with Crippen LogP contribution in [-0.2, 0) is 9.59 Å². The number of halogens is 3. The molecule has 0 unspecified atom stereocenters. The van der Waals surface area contributed by atoms with Crippen LogP contribution in [0.4, 0.5) is 25.0 Å². The van der Waals surface area contributed by atoms with Crippen LogP contribution < -0.4 is 20.9 Å². The lowest BCUT2D eigenvalue weighted by molar-refractivity contribution is -0.134. The zero-order valence-electron chi connectivity index (χ0n) is 18.6. The fourth-order valence-electron chi connectivity index (χ4n) is 4.56. The van der Waals surface area contributed by atoms with Crippen molar-refractivity contribution in [2.45, 2.75) is 31.7 Å². The lowest BCUT2D eigenvalue weighted by Crippen LogP contribution is -2.60. The molecule has 2 aliphatic heterocycles. The van der Waals surface area contributed by atoms with Crippen molar-refractivity contribution >= 4 is 51.8 Å². The van der Waals surface area contributed by atoms with Crippen molar-refractivity contribution in [1.82, 2.24) is 10.6 Å². The van der Waals surface area contributed by atoms with E-state index in [0.29, 0.717) is 35.5 Å². The van der Waals surface area contributed by atoms with E-state index in [4.69, 9.17) is 16.0 Å². The van der Waals surface area contributed by atoms with Gasteiger partial charge in [-0.1, -0.05) is 11.6 Å². The Morgan fingerprint density at radius 3 is 2.69 bits per heavy atom. The monoisotopic (exact) mass is 502 g/mol. The summed E-state index contributed by atoms with van der Waals surface area (Å²) in [6.45, 7) is 2.48. The number of aryl methyl sites for hydroxylation is 1. The molecule has 8 nitrogen and oxygen atoms in total. The number of hydrogen-bond acceptors (Lipinski definition) is 5. The van der Waals surface area contributed by atoms with Crippen LogP contribution in [0.3, 0.4) is 0 Å². The number of amides is 4. The molecule has 3 N–H and O–H groups in total. The molecule has 0 radical (unpaired) electrons. The smallest absolute Gasteiger partial charge is 0.319 e. The molecule has 35 heavy (non-hydrogen) atoms. The number of piperidine rings is 1. The summed E-state index contributed by atoms with van der Waals surface area (Å²) in [6, 6.07) is 6.01. The topological polar surface area (TPSA) is 104 Å². The number of urea groups is 1. The van der Waals surface area contributed by atoms with E-state index in [2.05, 4.69) is 16.0 Å². The largest absolute Gasteiger partial charge is 0.459 e. The van der Waals surface area contributed by atoms with E-state index in [-0.39, 0.29) is 41.1 Å². The van der Waals surface area contributed by atoms with E-state index in [1.165, 1.54) is 18.2 Å². The molecule has 1 atom stereocenters. The van der Waals surface area contributed by atoms with E-state index in [9.17, 15) is 18.8 Å². The molecule has 0 bridgehead atoms. The quantitative estimate of drug-likeness (QED) is 0.464. The van der Waals surface area contributed by atoms with E-state index in [0.717, 1.165) is 6.07 Å². The molecule has 0 saturated carbocycles. The molecule has 0 spiro atoms. The predicted molar refractivity (Wildman–Crippen MR) is 126 cm³/mol. The highest BCUT2D eigenvalue weighted by Crippen LogP contribution is 2.40. The third-order valence-electron chi connectivity index (χ3n) is 6.22. The zero-order valence-corrected chi connectivity index (χ0v) is 19.3. The number of furan rings is 1. The van der Waals surface area contributed by atoms with Crippen LogP contribution in [0.15, 0.2) is 34.7 Å². The average Bonchev–Trinajstić information content (AvgIpc) is 3.15. The van der Waals surface area contributed by atoms with Crippen molar-refractivity contribution in [3.63, 3.8) is 0 Å². The Morgan fingerprint density at radius 1 is 1.17 bits per heavy atom. The summed E-state index contributed by atoms with van der Waals surface area (Å²) in [5, 5.41) is 8.22. The maximum absolute atomic E-state index is 15.3. The average molecular weight is 503 g/mol. The van der Waals surface area contributed by atoms with Gasteiger partial charge in [0.25, 0.3) is 0 Å². The van der Waals surface area contributed by atoms with Crippen LogP contribution in [0.25, 0.3) is 11.0 Å². The van der Waals surface area contributed by atoms with Gasteiger partial charge in [0.15, 0.2) is 5.58 Å². The van der Waals surface area contributed by atoms with Gasteiger partial charge < -0.3 is 20.0 Å². The van der Waals surface area contributed by atoms with Crippen LogP contribution in [0, 0.1) is 18.6 Å². The highest BCUT2D eigenvalue weighted by Gasteiger charge is 2.35. The van der Waals surface area contributed by atoms with Crippen LogP contribution in [0.1, 0.15) is 30.1 Å². The number of nitrogens with one attached hydrogen (secondary N) is 3. The highest BCUT2D eigenvalue weighted by atomic mass is 35.5. The van der Waals surface area contributed by atoms with Gasteiger partial charge in [0.2, 0.25) is 11.8 Å². The van der Waals surface area contributed by atoms with E-state index in [1.807, 2.05) is 4.90 Å². The third-order valence-corrected chi connectivity index (χ3v) is 6.46. The highest BCUT2D eigenvalue weighted by molar-refractivity contribution is 6.30. The Bertz CT molecular complexity index is 1370. The van der Waals surface area contributed by atoms with Gasteiger partial charge in [0.05, 0.1) is 23.3 Å². The van der Waals surface area contributed by atoms with Crippen LogP contribution in [0.5, 0.6) is 0 Å². The van der Waals surface area contributed by atoms with Gasteiger partial charge in [0.1, 0.15) is 17.4 Å². The Hall–Kier alpha value is -3.66. The maximum Gasteiger partial charge on any atom is 0.319 e. The second-order valence-corrected chi connectivity index (χ2v) is 9.16. The van der Waals surface area contributed by atoms with E-state index >= 15 is 4.39 Å². The number of fused-ring (bicyclic) bond motifs is 1. The number of carbonyl (C=O) groups is 3. The summed E-state index contributed by atoms with van der Waals surface area (Å²) < 4.78 is 35.0. The molecule has 3 heterocycles. The van der Waals surface area contributed by atoms with Crippen molar-refractivity contribution in [2.75, 3.05) is 23.3 Å². The first-order chi connectivity index (χ1) is 16.7. The standard InChI is InChI=1S/C24H21ClF2N4O4/c1-11-6-15-21(14-3-5-20(32)30-23(14)33)17(27)8-19(22(15)35-11)31-9-13(10-31)28-24(34)29-18-7-12(25)2-4-16(18)26/h2,4,6-8,13-14H,3,5,9-10H2,1H3,(H2,28,29,34)(H,30,32,33)/t14-/m1/s1. The Labute approximate surface area is 203 Å². The summed E-state index contributed by atoms with van der Waals surface area (Å²) in [4.78, 5) is 38.0. The van der Waals surface area contributed by atoms with Crippen molar-refractivity contribution in [3.05, 3.63) is 58.3 Å². The second-order valence-electron chi connectivity index (χ2n) is 8.72. The predicted octanol–water partition coefficient (Wildman–Crippen LogP) is 4.20. The van der Waals surface area contributed by atoms with Gasteiger partial charge in [0, 0.05) is 41.5 Å². The fourth-order valence-corrected chi connectivity index (χ4v) is 4.73. The zero-order chi connectivity index (χ0) is 24.9. The molecular weight excluding hydrogens is 482 g/mol. The van der Waals surface area contributed by atoms with Crippen LogP contribution in [0.2, 0.25) is 5.02 Å². The van der Waals surface area contributed by atoms with E-state index < -0.39 is 29.5 Å². The molecular formula is C24H21ClF2N4O4. The van der Waals surface area contributed by atoms with Crippen molar-refractivity contribution < 1.29 is 27.6 Å². The Balaban J connectivity index is 1.32. The summed E-state index contributed by atoms with van der Waals surface area (Å²) in [6.07, 6.45) is 0.356. The summed E-state index contributed by atoms with van der Waals surface area (Å²) in [5.74, 6) is -2.30. The summed E-state index contributed by atoms with van der Waals surface area (Å²) in [5.41, 5.74) is 1.11. The fraction of sp³-hybridized carbons (Fsp3) is 0.292. The van der Waals surface area contributed by atoms with E-state index in [1.54, 1.807) is 13.0 Å². The molecule has 0 aliphatic carbocycles. The Kier molecular flexibility index (Phi) is 5.84. The number of imide groups is 1. The number of hydrogen-bond donors (Lipinski definition) is 3. The molecule has 182 valence electrons. The van der Waals surface area contributed by atoms with Crippen LogP contribution >= 0.6 is 11.6 Å². The molecule has 2 aliphatic rings. The third kappa shape index (κ3) is 4.41. The SMILES string of the molecule is Cc1cc2c([C@H]3CCC(=O)NC3=O)c(F)cc(N3CC(NC(=O)Nc4cc(Cl)ccc4F)C3)c2o1. The maximum atomic E-state index is 15.3. The van der Waals surface area contributed by atoms with Gasteiger partial charge in [-0.05, 0) is 37.6 Å². The number of benzene rings is 2. The van der Waals surface area contributed by atoms with Crippen LogP contribution in [-0.4, -0.2) is 37.0 Å². The minimum Gasteiger partial charge on any atom is -0.459 e. The molecule has 2 saturated heterocycles. The summed E-state index contributed by atoms with van der Waals surface area (Å²) in [7, 11) is 0. The number of rotatable bonds is 4. The molecule has 4 amide bonds. The second kappa shape index (κ2) is 8.84. The lowest BCUT2D eigenvalue weighted by Gasteiger charge is -2.41. The van der Waals surface area contributed by atoms with Crippen molar-refractivity contribution in [1.29, 1.82) is 0 Å². The number of anilines is 2. The number of nitrogens with zero attached hydrogens (tertiary/aromatic N) is 1. The number of carbonyl (C=O) groups excluding carboxylic acids is 3. The van der Waals surface area contributed by atoms with Gasteiger partial charge >= 0.3 is 6.03 Å². The Morgan fingerprint density at radius 2 is 1.94 bits per heavy atom. The van der Waals surface area contributed by atoms with Crippen molar-refractivity contribution in [2.24, 2.45) is 0 Å². The lowest BCUT2D eigenvalue weighted by atomic mass is 9.87. The molecule has 3 aromatic rings. The molecule has 5 rings (SSSR count). The molecule has 11 heteroatoms. The first-order valence-corrected chi connectivity index (χ1v) is 11.4. The van der Waals surface area contributed by atoms with Crippen molar-refractivity contribution in [3.8, 4) is 0 Å². The van der Waals surface area contributed by atoms with Gasteiger partial charge in [-0.25, -0.2) is 13.6 Å². The molecule has 2 aromatic carbocycles. The van der Waals surface area contributed by atoms with Gasteiger partial charge in [-0.2, -0.15) is 0 Å². The first kappa shape index (κ1) is 23.1. The van der Waals surface area contributed by atoms with Gasteiger partial charge in [-0.3, -0.25) is 14.9 Å². The normalized spacial score (nSPS) is 18.4. The minimum atomic E-state index is -0.789. The molecule has 2 fully saturated rings. The minimum absolute atomic E-state index is 0.0370. The molecule has 1 aromatic heterocycles. The van der Waals surface area contributed by atoms with Gasteiger partial charge in [-0.15, -0.1) is 0 Å². The first-order valence-electron chi connectivity index (χ1n) is 11.0.